The highest BCUT2D eigenvalue weighted by Gasteiger charge is 2.15. The molecule has 0 aliphatic heterocycles. The van der Waals surface area contributed by atoms with Gasteiger partial charge in [0.2, 0.25) is 0 Å². The number of aromatic carboxylic acids is 1. The minimum atomic E-state index is -1.08. The average molecular weight is 292 g/mol. The maximum atomic E-state index is 11.7. The Balaban J connectivity index is 1.95. The molecule has 0 aromatic carbocycles. The van der Waals surface area contributed by atoms with Gasteiger partial charge < -0.3 is 15.7 Å². The molecule has 8 heteroatoms. The average Bonchev–Trinajstić information content (AvgIpc) is 2.89. The van der Waals surface area contributed by atoms with Crippen LogP contribution < -0.4 is 10.6 Å². The van der Waals surface area contributed by atoms with Crippen molar-refractivity contribution in [3.05, 3.63) is 40.6 Å². The van der Waals surface area contributed by atoms with Crippen LogP contribution in [0.5, 0.6) is 0 Å². The zero-order chi connectivity index (χ0) is 14.5. The monoisotopic (exact) mass is 292 g/mol. The zero-order valence-electron chi connectivity index (χ0n) is 10.5. The Labute approximate surface area is 118 Å². The van der Waals surface area contributed by atoms with Gasteiger partial charge in [-0.15, -0.1) is 11.3 Å². The van der Waals surface area contributed by atoms with Crippen LogP contribution in [-0.4, -0.2) is 27.1 Å². The summed E-state index contributed by atoms with van der Waals surface area (Å²) in [5.41, 5.74) is 0.550. The van der Waals surface area contributed by atoms with E-state index in [0.29, 0.717) is 10.7 Å². The van der Waals surface area contributed by atoms with Gasteiger partial charge in [0, 0.05) is 11.6 Å². The van der Waals surface area contributed by atoms with Gasteiger partial charge in [-0.05, 0) is 19.1 Å². The second-order valence-corrected chi connectivity index (χ2v) is 4.83. The molecule has 7 nitrogen and oxygen atoms in total. The van der Waals surface area contributed by atoms with Crippen LogP contribution in [0.4, 0.5) is 10.5 Å². The number of urea groups is 1. The van der Waals surface area contributed by atoms with Gasteiger partial charge in [-0.3, -0.25) is 4.98 Å². The third-order valence-corrected chi connectivity index (χ3v) is 3.41. The van der Waals surface area contributed by atoms with Crippen LogP contribution in [-0.2, 0) is 0 Å². The summed E-state index contributed by atoms with van der Waals surface area (Å²) in [5.74, 6) is -1.08. The second kappa shape index (κ2) is 6.11. The fourth-order valence-electron chi connectivity index (χ4n) is 1.45. The predicted molar refractivity (Wildman–Crippen MR) is 73.9 cm³/mol. The van der Waals surface area contributed by atoms with Crippen molar-refractivity contribution in [1.82, 2.24) is 15.3 Å². The Morgan fingerprint density at radius 2 is 2.25 bits per heavy atom. The van der Waals surface area contributed by atoms with Crippen LogP contribution in [0.15, 0.2) is 29.9 Å². The fraction of sp³-hybridized carbons (Fsp3) is 0.167. The Morgan fingerprint density at radius 3 is 2.85 bits per heavy atom. The van der Waals surface area contributed by atoms with Gasteiger partial charge in [0.05, 0.1) is 17.9 Å². The molecule has 0 aliphatic carbocycles. The largest absolute Gasteiger partial charge is 0.476 e. The normalized spacial score (nSPS) is 11.7. The minimum absolute atomic E-state index is 0.0219. The lowest BCUT2D eigenvalue weighted by atomic mass is 10.3. The number of nitrogens with zero attached hydrogens (tertiary/aromatic N) is 2. The molecule has 0 bridgehead atoms. The summed E-state index contributed by atoms with van der Waals surface area (Å²) in [5, 5.41) is 16.1. The molecule has 2 amide bonds. The van der Waals surface area contributed by atoms with E-state index in [0.717, 1.165) is 0 Å². The molecule has 3 N–H and O–H groups in total. The molecule has 0 saturated carbocycles. The van der Waals surface area contributed by atoms with Crippen LogP contribution in [0.1, 0.15) is 28.5 Å². The number of aromatic nitrogens is 2. The van der Waals surface area contributed by atoms with E-state index in [2.05, 4.69) is 20.6 Å². The Bertz CT molecular complexity index is 614. The number of carbonyl (C=O) groups is 2. The summed E-state index contributed by atoms with van der Waals surface area (Å²) in [6, 6.07) is 2.63. The molecule has 2 aromatic heterocycles. The van der Waals surface area contributed by atoms with E-state index < -0.39 is 12.0 Å². The fourth-order valence-corrected chi connectivity index (χ4v) is 2.25. The van der Waals surface area contributed by atoms with Gasteiger partial charge in [-0.2, -0.15) is 0 Å². The number of anilines is 1. The molecule has 0 fully saturated rings. The van der Waals surface area contributed by atoms with Crippen molar-refractivity contribution < 1.29 is 14.7 Å². The predicted octanol–water partition coefficient (Wildman–Crippen LogP) is 2.12. The molecular formula is C12H12N4O3S. The van der Waals surface area contributed by atoms with Gasteiger partial charge in [-0.25, -0.2) is 14.6 Å². The first-order valence-electron chi connectivity index (χ1n) is 5.72. The maximum Gasteiger partial charge on any atom is 0.355 e. The maximum absolute atomic E-state index is 11.7. The summed E-state index contributed by atoms with van der Waals surface area (Å²) in [4.78, 5) is 30.3. The van der Waals surface area contributed by atoms with Crippen molar-refractivity contribution >= 4 is 29.0 Å². The first-order chi connectivity index (χ1) is 9.56. The van der Waals surface area contributed by atoms with Gasteiger partial charge >= 0.3 is 12.0 Å². The summed E-state index contributed by atoms with van der Waals surface area (Å²) in [7, 11) is 0. The zero-order valence-corrected chi connectivity index (χ0v) is 11.3. The van der Waals surface area contributed by atoms with Crippen molar-refractivity contribution in [3.8, 4) is 0 Å². The van der Waals surface area contributed by atoms with Crippen molar-refractivity contribution in [1.29, 1.82) is 0 Å². The SMILES string of the molecule is CC(NC(=O)Nc1cccnc1)c1nc(C(=O)O)cs1. The first kappa shape index (κ1) is 13.9. The molecule has 20 heavy (non-hydrogen) atoms. The van der Waals surface area contributed by atoms with Gasteiger partial charge in [0.15, 0.2) is 5.69 Å². The van der Waals surface area contributed by atoms with E-state index in [4.69, 9.17) is 5.11 Å². The molecule has 1 atom stereocenters. The topological polar surface area (TPSA) is 104 Å². The molecule has 0 radical (unpaired) electrons. The number of hydrogen-bond acceptors (Lipinski definition) is 5. The number of amides is 2. The second-order valence-electron chi connectivity index (χ2n) is 3.94. The smallest absolute Gasteiger partial charge is 0.355 e. The van der Waals surface area contributed by atoms with Gasteiger partial charge in [0.25, 0.3) is 0 Å². The summed E-state index contributed by atoms with van der Waals surface area (Å²) >= 11 is 1.19. The number of carboxylic acid groups (broad SMARTS) is 1. The number of pyridine rings is 1. The lowest BCUT2D eigenvalue weighted by molar-refractivity contribution is 0.0691. The van der Waals surface area contributed by atoms with Crippen LogP contribution in [0.25, 0.3) is 0 Å². The first-order valence-corrected chi connectivity index (χ1v) is 6.60. The highest BCUT2D eigenvalue weighted by molar-refractivity contribution is 7.09. The summed E-state index contributed by atoms with van der Waals surface area (Å²) < 4.78 is 0. The summed E-state index contributed by atoms with van der Waals surface area (Å²) in [6.45, 7) is 1.73. The Kier molecular flexibility index (Phi) is 4.26. The molecule has 2 aromatic rings. The molecule has 2 rings (SSSR count). The summed E-state index contributed by atoms with van der Waals surface area (Å²) in [6.07, 6.45) is 3.13. The van der Waals surface area contributed by atoms with Crippen LogP contribution in [0, 0.1) is 0 Å². The van der Waals surface area contributed by atoms with E-state index in [1.54, 1.807) is 25.3 Å². The van der Waals surface area contributed by atoms with Crippen molar-refractivity contribution in [2.45, 2.75) is 13.0 Å². The van der Waals surface area contributed by atoms with Gasteiger partial charge in [-0.1, -0.05) is 0 Å². The van der Waals surface area contributed by atoms with E-state index in [1.807, 2.05) is 0 Å². The Hall–Kier alpha value is -2.48. The van der Waals surface area contributed by atoms with E-state index in [-0.39, 0.29) is 11.7 Å². The van der Waals surface area contributed by atoms with Crippen LogP contribution in [0.2, 0.25) is 0 Å². The minimum Gasteiger partial charge on any atom is -0.476 e. The number of hydrogen-bond donors (Lipinski definition) is 3. The number of rotatable bonds is 4. The molecule has 2 heterocycles. The molecule has 1 unspecified atom stereocenters. The van der Waals surface area contributed by atoms with Crippen molar-refractivity contribution in [3.63, 3.8) is 0 Å². The number of carboxylic acids is 1. The lowest BCUT2D eigenvalue weighted by Crippen LogP contribution is -2.31. The number of carbonyl (C=O) groups excluding carboxylic acids is 1. The van der Waals surface area contributed by atoms with E-state index in [1.165, 1.54) is 22.9 Å². The molecule has 0 aliphatic rings. The highest BCUT2D eigenvalue weighted by atomic mass is 32.1. The van der Waals surface area contributed by atoms with E-state index >= 15 is 0 Å². The van der Waals surface area contributed by atoms with Crippen molar-refractivity contribution in [2.75, 3.05) is 5.32 Å². The number of nitrogens with one attached hydrogen (secondary N) is 2. The molecule has 0 spiro atoms. The molecule has 0 saturated heterocycles. The van der Waals surface area contributed by atoms with Crippen LogP contribution >= 0.6 is 11.3 Å². The lowest BCUT2D eigenvalue weighted by Gasteiger charge is -2.12. The Morgan fingerprint density at radius 1 is 1.45 bits per heavy atom. The van der Waals surface area contributed by atoms with E-state index in [9.17, 15) is 9.59 Å². The van der Waals surface area contributed by atoms with Crippen molar-refractivity contribution in [2.24, 2.45) is 0 Å². The third-order valence-electron chi connectivity index (χ3n) is 2.38. The third kappa shape index (κ3) is 3.51. The highest BCUT2D eigenvalue weighted by Crippen LogP contribution is 2.18. The van der Waals surface area contributed by atoms with Gasteiger partial charge in [0.1, 0.15) is 5.01 Å². The molecular weight excluding hydrogens is 280 g/mol. The quantitative estimate of drug-likeness (QED) is 0.800. The molecule has 104 valence electrons. The standard InChI is InChI=1S/C12H12N4O3S/c1-7(10-16-9(6-20-10)11(17)18)14-12(19)15-8-3-2-4-13-5-8/h2-7H,1H3,(H,17,18)(H2,14,15,19). The van der Waals surface area contributed by atoms with Crippen LogP contribution in [0.3, 0.4) is 0 Å². The number of thiazole rings is 1.